The van der Waals surface area contributed by atoms with Crippen LogP contribution in [0.2, 0.25) is 0 Å². The lowest BCUT2D eigenvalue weighted by Crippen LogP contribution is -2.21. The molecule has 0 spiro atoms. The van der Waals surface area contributed by atoms with Gasteiger partial charge in [0.25, 0.3) is 0 Å². The zero-order valence-corrected chi connectivity index (χ0v) is 12.7. The van der Waals surface area contributed by atoms with E-state index in [2.05, 4.69) is 48.0 Å². The van der Waals surface area contributed by atoms with E-state index in [4.69, 9.17) is 4.74 Å². The first-order chi connectivity index (χ1) is 9.86. The van der Waals surface area contributed by atoms with Gasteiger partial charge in [0.2, 0.25) is 0 Å². The van der Waals surface area contributed by atoms with Crippen LogP contribution in [0.15, 0.2) is 35.7 Å². The summed E-state index contributed by atoms with van der Waals surface area (Å²) in [6.07, 6.45) is 2.29. The maximum atomic E-state index is 5.51. The molecule has 0 saturated heterocycles. The van der Waals surface area contributed by atoms with Gasteiger partial charge in [-0.15, -0.1) is 11.3 Å². The second kappa shape index (κ2) is 6.53. The van der Waals surface area contributed by atoms with Gasteiger partial charge in [0.05, 0.1) is 13.2 Å². The van der Waals surface area contributed by atoms with Gasteiger partial charge in [-0.3, -0.25) is 0 Å². The molecule has 1 unspecified atom stereocenters. The third-order valence-corrected chi connectivity index (χ3v) is 4.79. The first-order valence-corrected chi connectivity index (χ1v) is 8.20. The van der Waals surface area contributed by atoms with Crippen molar-refractivity contribution < 1.29 is 4.74 Å². The van der Waals surface area contributed by atoms with E-state index in [-0.39, 0.29) is 0 Å². The van der Waals surface area contributed by atoms with Gasteiger partial charge in [-0.2, -0.15) is 0 Å². The Morgan fingerprint density at radius 2 is 2.15 bits per heavy atom. The summed E-state index contributed by atoms with van der Waals surface area (Å²) in [7, 11) is 0. The fourth-order valence-electron chi connectivity index (χ4n) is 2.78. The average Bonchev–Trinajstić information content (AvgIpc) is 3.13. The molecule has 2 nitrogen and oxygen atoms in total. The third-order valence-electron chi connectivity index (χ3n) is 3.86. The Balaban J connectivity index is 1.72. The molecule has 0 amide bonds. The minimum absolute atomic E-state index is 0.438. The Hall–Kier alpha value is -1.16. The molecule has 20 heavy (non-hydrogen) atoms. The van der Waals surface area contributed by atoms with Crippen LogP contribution in [-0.4, -0.2) is 6.54 Å². The summed E-state index contributed by atoms with van der Waals surface area (Å²) < 4.78 is 5.51. The summed E-state index contributed by atoms with van der Waals surface area (Å²) in [6.45, 7) is 4.72. The minimum atomic E-state index is 0.438. The van der Waals surface area contributed by atoms with E-state index in [9.17, 15) is 0 Å². The number of aryl methyl sites for hydroxylation is 1. The molecule has 106 valence electrons. The third kappa shape index (κ3) is 3.11. The van der Waals surface area contributed by atoms with Crippen LogP contribution >= 0.6 is 11.3 Å². The van der Waals surface area contributed by atoms with Crippen LogP contribution in [0.25, 0.3) is 0 Å². The van der Waals surface area contributed by atoms with E-state index in [0.29, 0.717) is 6.04 Å². The van der Waals surface area contributed by atoms with Gasteiger partial charge < -0.3 is 10.1 Å². The summed E-state index contributed by atoms with van der Waals surface area (Å²) >= 11 is 1.85. The summed E-state index contributed by atoms with van der Waals surface area (Å²) in [4.78, 5) is 1.47. The molecule has 3 rings (SSSR count). The lowest BCUT2D eigenvalue weighted by Gasteiger charge is -2.19. The number of nitrogens with one attached hydrogen (secondary N) is 1. The second-order valence-electron chi connectivity index (χ2n) is 5.25. The molecular weight excluding hydrogens is 266 g/mol. The standard InChI is InChI=1S/C17H21NOS/c1-2-18-17(8-7-16-4-3-9-20-16)13-5-6-14-11-19-12-15(14)10-13/h3-6,9-10,17-18H,2,7-8,11-12H2,1H3. The molecule has 0 fully saturated rings. The van der Waals surface area contributed by atoms with Gasteiger partial charge >= 0.3 is 0 Å². The van der Waals surface area contributed by atoms with Gasteiger partial charge in [-0.1, -0.05) is 31.2 Å². The van der Waals surface area contributed by atoms with Crippen LogP contribution in [-0.2, 0) is 24.4 Å². The normalized spacial score (nSPS) is 15.2. The van der Waals surface area contributed by atoms with Gasteiger partial charge in [0.15, 0.2) is 0 Å². The Morgan fingerprint density at radius 3 is 2.95 bits per heavy atom. The number of benzene rings is 1. The van der Waals surface area contributed by atoms with Crippen molar-refractivity contribution >= 4 is 11.3 Å². The molecule has 3 heteroatoms. The Labute approximate surface area is 124 Å². The highest BCUT2D eigenvalue weighted by atomic mass is 32.1. The van der Waals surface area contributed by atoms with Crippen LogP contribution in [0.3, 0.4) is 0 Å². The molecule has 0 aliphatic carbocycles. The van der Waals surface area contributed by atoms with Gasteiger partial charge in [-0.05, 0) is 47.5 Å². The van der Waals surface area contributed by atoms with Gasteiger partial charge in [-0.25, -0.2) is 0 Å². The monoisotopic (exact) mass is 287 g/mol. The van der Waals surface area contributed by atoms with Crippen molar-refractivity contribution in [3.63, 3.8) is 0 Å². The fourth-order valence-corrected chi connectivity index (χ4v) is 3.51. The number of rotatable bonds is 6. The Kier molecular flexibility index (Phi) is 4.51. The molecule has 0 saturated carbocycles. The van der Waals surface area contributed by atoms with E-state index in [1.54, 1.807) is 0 Å². The highest BCUT2D eigenvalue weighted by Gasteiger charge is 2.16. The topological polar surface area (TPSA) is 21.3 Å². The SMILES string of the molecule is CCNC(CCc1cccs1)c1ccc2c(c1)COC2. The quantitative estimate of drug-likeness (QED) is 0.865. The molecule has 1 aliphatic rings. The summed E-state index contributed by atoms with van der Waals surface area (Å²) in [5.74, 6) is 0. The van der Waals surface area contributed by atoms with Gasteiger partial charge in [0, 0.05) is 10.9 Å². The number of thiophene rings is 1. The highest BCUT2D eigenvalue weighted by Crippen LogP contribution is 2.26. The number of ether oxygens (including phenoxy) is 1. The smallest absolute Gasteiger partial charge is 0.0725 e. The van der Waals surface area contributed by atoms with E-state index in [0.717, 1.165) is 32.6 Å². The predicted octanol–water partition coefficient (Wildman–Crippen LogP) is 4.06. The van der Waals surface area contributed by atoms with Crippen LogP contribution in [0.4, 0.5) is 0 Å². The molecule has 1 aromatic carbocycles. The minimum Gasteiger partial charge on any atom is -0.372 e. The maximum absolute atomic E-state index is 5.51. The van der Waals surface area contributed by atoms with Crippen LogP contribution in [0.5, 0.6) is 0 Å². The van der Waals surface area contributed by atoms with Crippen molar-refractivity contribution in [2.75, 3.05) is 6.54 Å². The van der Waals surface area contributed by atoms with Crippen molar-refractivity contribution in [3.05, 3.63) is 57.3 Å². The lowest BCUT2D eigenvalue weighted by atomic mass is 9.97. The van der Waals surface area contributed by atoms with E-state index >= 15 is 0 Å². The van der Waals surface area contributed by atoms with Crippen molar-refractivity contribution in [2.24, 2.45) is 0 Å². The van der Waals surface area contributed by atoms with Crippen LogP contribution in [0, 0.1) is 0 Å². The zero-order chi connectivity index (χ0) is 13.8. The van der Waals surface area contributed by atoms with Crippen LogP contribution in [0.1, 0.15) is 41.0 Å². The number of hydrogen-bond acceptors (Lipinski definition) is 3. The van der Waals surface area contributed by atoms with E-state index < -0.39 is 0 Å². The van der Waals surface area contributed by atoms with Crippen molar-refractivity contribution in [2.45, 2.75) is 39.0 Å². The zero-order valence-electron chi connectivity index (χ0n) is 11.9. The molecule has 2 aromatic rings. The van der Waals surface area contributed by atoms with Crippen LogP contribution < -0.4 is 5.32 Å². The molecule has 0 bridgehead atoms. The van der Waals surface area contributed by atoms with Gasteiger partial charge in [0.1, 0.15) is 0 Å². The molecule has 1 aliphatic heterocycles. The highest BCUT2D eigenvalue weighted by molar-refractivity contribution is 7.09. The summed E-state index contributed by atoms with van der Waals surface area (Å²) in [5.41, 5.74) is 4.11. The summed E-state index contributed by atoms with van der Waals surface area (Å²) in [6, 6.07) is 11.6. The summed E-state index contributed by atoms with van der Waals surface area (Å²) in [5, 5.41) is 5.77. The number of hydrogen-bond donors (Lipinski definition) is 1. The van der Waals surface area contributed by atoms with E-state index in [1.165, 1.54) is 21.6 Å². The first kappa shape index (κ1) is 13.8. The maximum Gasteiger partial charge on any atom is 0.0725 e. The van der Waals surface area contributed by atoms with E-state index in [1.807, 2.05) is 11.3 Å². The first-order valence-electron chi connectivity index (χ1n) is 7.32. The molecular formula is C17H21NOS. The molecule has 1 atom stereocenters. The molecule has 1 N–H and O–H groups in total. The molecule has 1 aromatic heterocycles. The average molecular weight is 287 g/mol. The van der Waals surface area contributed by atoms with Crippen molar-refractivity contribution in [3.8, 4) is 0 Å². The number of fused-ring (bicyclic) bond motifs is 1. The predicted molar refractivity (Wildman–Crippen MR) is 84.0 cm³/mol. The molecule has 0 radical (unpaired) electrons. The largest absolute Gasteiger partial charge is 0.372 e. The Bertz CT molecular complexity index is 550. The van der Waals surface area contributed by atoms with Crippen molar-refractivity contribution in [1.29, 1.82) is 0 Å². The lowest BCUT2D eigenvalue weighted by molar-refractivity contribution is 0.134. The van der Waals surface area contributed by atoms with Crippen molar-refractivity contribution in [1.82, 2.24) is 5.32 Å². The Morgan fingerprint density at radius 1 is 1.25 bits per heavy atom. The fraction of sp³-hybridized carbons (Fsp3) is 0.412. The second-order valence-corrected chi connectivity index (χ2v) is 6.28. The molecule has 2 heterocycles.